The lowest BCUT2D eigenvalue weighted by molar-refractivity contribution is -0.128. The van der Waals surface area contributed by atoms with E-state index in [9.17, 15) is 14.4 Å². The van der Waals surface area contributed by atoms with Crippen LogP contribution in [0.15, 0.2) is 53.3 Å². The molecule has 0 spiro atoms. The number of rotatable bonds is 6. The summed E-state index contributed by atoms with van der Waals surface area (Å²) in [4.78, 5) is 39.3. The van der Waals surface area contributed by atoms with Gasteiger partial charge < -0.3 is 4.74 Å². The van der Waals surface area contributed by atoms with Gasteiger partial charge in [0.1, 0.15) is 5.75 Å². The molecule has 34 heavy (non-hydrogen) atoms. The normalized spacial score (nSPS) is 15.0. The Bertz CT molecular complexity index is 1240. The third-order valence-electron chi connectivity index (χ3n) is 6.59. The van der Waals surface area contributed by atoms with Crippen LogP contribution in [0.2, 0.25) is 0 Å². The number of hydrazine groups is 1. The van der Waals surface area contributed by atoms with Gasteiger partial charge in [-0.15, -0.1) is 0 Å². The number of fused-ring (bicyclic) bond motifs is 1. The lowest BCUT2D eigenvalue weighted by atomic mass is 9.69. The molecule has 1 saturated carbocycles. The minimum Gasteiger partial charge on any atom is -0.497 e. The van der Waals surface area contributed by atoms with Crippen molar-refractivity contribution in [3.8, 4) is 5.75 Å². The predicted octanol–water partition coefficient (Wildman–Crippen LogP) is 3.48. The summed E-state index contributed by atoms with van der Waals surface area (Å²) in [6.07, 6.45) is 5.04. The molecule has 178 valence electrons. The van der Waals surface area contributed by atoms with Crippen LogP contribution in [-0.2, 0) is 16.8 Å². The van der Waals surface area contributed by atoms with Gasteiger partial charge >= 0.3 is 0 Å². The zero-order valence-corrected chi connectivity index (χ0v) is 19.6. The fourth-order valence-corrected chi connectivity index (χ4v) is 4.77. The Kier molecular flexibility index (Phi) is 6.95. The topological polar surface area (TPSA) is 102 Å². The fraction of sp³-hybridized carbons (Fsp3) is 0.385. The summed E-state index contributed by atoms with van der Waals surface area (Å²) in [5.41, 5.74) is 5.25. The van der Waals surface area contributed by atoms with Crippen LogP contribution in [0.3, 0.4) is 0 Å². The van der Waals surface area contributed by atoms with Gasteiger partial charge in [0.2, 0.25) is 5.91 Å². The maximum atomic E-state index is 13.5. The lowest BCUT2D eigenvalue weighted by Gasteiger charge is -2.36. The monoisotopic (exact) mass is 462 g/mol. The highest BCUT2D eigenvalue weighted by atomic mass is 16.5. The maximum absolute atomic E-state index is 13.5. The van der Waals surface area contributed by atoms with E-state index in [1.54, 1.807) is 31.4 Å². The second kappa shape index (κ2) is 10.1. The molecule has 3 aromatic rings. The van der Waals surface area contributed by atoms with Crippen LogP contribution < -0.4 is 21.1 Å². The first-order valence-electron chi connectivity index (χ1n) is 11.8. The Morgan fingerprint density at radius 2 is 1.68 bits per heavy atom. The number of carbonyl (C=O) groups excluding carboxylic acids is 2. The van der Waals surface area contributed by atoms with Gasteiger partial charge in [0, 0.05) is 11.9 Å². The number of benzene rings is 2. The van der Waals surface area contributed by atoms with Gasteiger partial charge in [0.15, 0.2) is 5.69 Å². The molecule has 1 heterocycles. The molecule has 1 aromatic heterocycles. The zero-order valence-electron chi connectivity index (χ0n) is 19.6. The van der Waals surface area contributed by atoms with E-state index in [4.69, 9.17) is 4.74 Å². The summed E-state index contributed by atoms with van der Waals surface area (Å²) < 4.78 is 6.56. The molecule has 8 nitrogen and oxygen atoms in total. The molecule has 2 N–H and O–H groups in total. The standard InChI is InChI=1S/C26H30N4O4/c1-3-17-30-24(32)21-10-6-5-9-20(21)22(29-30)23(31)27-28-25(33)26(15-7-4-8-16-26)18-11-13-19(34-2)14-12-18/h5-6,9-14H,3-4,7-8,15-17H2,1-2H3,(H,27,31)(H,28,33). The summed E-state index contributed by atoms with van der Waals surface area (Å²) in [5.74, 6) is -0.0874. The van der Waals surface area contributed by atoms with Gasteiger partial charge in [-0.1, -0.05) is 56.5 Å². The minimum atomic E-state index is -0.728. The van der Waals surface area contributed by atoms with Crippen LogP contribution in [0.4, 0.5) is 0 Å². The van der Waals surface area contributed by atoms with Crippen molar-refractivity contribution in [3.05, 3.63) is 70.1 Å². The van der Waals surface area contributed by atoms with E-state index < -0.39 is 11.3 Å². The van der Waals surface area contributed by atoms with Gasteiger partial charge in [0.25, 0.3) is 11.5 Å². The highest BCUT2D eigenvalue weighted by Gasteiger charge is 2.41. The summed E-state index contributed by atoms with van der Waals surface area (Å²) in [7, 11) is 1.61. The second-order valence-electron chi connectivity index (χ2n) is 8.70. The van der Waals surface area contributed by atoms with E-state index in [1.165, 1.54) is 4.68 Å². The number of nitrogens with one attached hydrogen (secondary N) is 2. The van der Waals surface area contributed by atoms with Crippen LogP contribution in [0, 0.1) is 0 Å². The van der Waals surface area contributed by atoms with Gasteiger partial charge in [-0.05, 0) is 43.0 Å². The molecule has 0 bridgehead atoms. The van der Waals surface area contributed by atoms with E-state index in [0.29, 0.717) is 36.6 Å². The van der Waals surface area contributed by atoms with Crippen molar-refractivity contribution in [3.63, 3.8) is 0 Å². The van der Waals surface area contributed by atoms with Gasteiger partial charge in [-0.2, -0.15) is 5.10 Å². The van der Waals surface area contributed by atoms with Crippen LogP contribution in [0.1, 0.15) is 61.5 Å². The largest absolute Gasteiger partial charge is 0.497 e. The number of methoxy groups -OCH3 is 1. The first-order chi connectivity index (χ1) is 16.5. The van der Waals surface area contributed by atoms with E-state index in [0.717, 1.165) is 30.6 Å². The highest BCUT2D eigenvalue weighted by Crippen LogP contribution is 2.40. The molecule has 2 aromatic carbocycles. The SMILES string of the molecule is CCCn1nc(C(=O)NNC(=O)C2(c3ccc(OC)cc3)CCCCC2)c2ccccc2c1=O. The molecule has 2 amide bonds. The first-order valence-corrected chi connectivity index (χ1v) is 11.8. The van der Waals surface area contributed by atoms with E-state index in [-0.39, 0.29) is 17.2 Å². The Labute approximate surface area is 198 Å². The number of hydrogen-bond acceptors (Lipinski definition) is 5. The van der Waals surface area contributed by atoms with Crippen molar-refractivity contribution in [2.24, 2.45) is 0 Å². The Balaban J connectivity index is 1.60. The second-order valence-corrected chi connectivity index (χ2v) is 8.70. The fourth-order valence-electron chi connectivity index (χ4n) is 4.77. The van der Waals surface area contributed by atoms with E-state index >= 15 is 0 Å². The summed E-state index contributed by atoms with van der Waals surface area (Å²) >= 11 is 0. The van der Waals surface area contributed by atoms with Crippen LogP contribution in [0.5, 0.6) is 5.75 Å². The molecular weight excluding hydrogens is 432 g/mol. The Morgan fingerprint density at radius 3 is 2.32 bits per heavy atom. The molecule has 0 aliphatic heterocycles. The van der Waals surface area contributed by atoms with Crippen molar-refractivity contribution in [1.82, 2.24) is 20.6 Å². The molecule has 1 aliphatic carbocycles. The average Bonchev–Trinajstić information content (AvgIpc) is 2.89. The number of carbonyl (C=O) groups is 2. The Morgan fingerprint density at radius 1 is 1.00 bits per heavy atom. The summed E-state index contributed by atoms with van der Waals surface area (Å²) in [5, 5.41) is 5.18. The number of amides is 2. The van der Waals surface area contributed by atoms with Crippen LogP contribution >= 0.6 is 0 Å². The molecule has 0 atom stereocenters. The molecule has 0 radical (unpaired) electrons. The maximum Gasteiger partial charge on any atom is 0.290 e. The van der Waals surface area contributed by atoms with Crippen LogP contribution in [-0.4, -0.2) is 28.7 Å². The van der Waals surface area contributed by atoms with Crippen LogP contribution in [0.25, 0.3) is 10.8 Å². The average molecular weight is 463 g/mol. The highest BCUT2D eigenvalue weighted by molar-refractivity contribution is 6.05. The quantitative estimate of drug-likeness (QED) is 0.546. The van der Waals surface area contributed by atoms with E-state index in [1.807, 2.05) is 31.2 Å². The van der Waals surface area contributed by atoms with E-state index in [2.05, 4.69) is 16.0 Å². The molecular formula is C26H30N4O4. The number of aryl methyl sites for hydroxylation is 1. The number of aromatic nitrogens is 2. The van der Waals surface area contributed by atoms with Crippen molar-refractivity contribution in [1.29, 1.82) is 0 Å². The molecule has 1 aliphatic rings. The van der Waals surface area contributed by atoms with Crippen molar-refractivity contribution in [2.75, 3.05) is 7.11 Å². The summed E-state index contributed by atoms with van der Waals surface area (Å²) in [6.45, 7) is 2.34. The Hall–Kier alpha value is -3.68. The molecule has 8 heteroatoms. The third-order valence-corrected chi connectivity index (χ3v) is 6.59. The van der Waals surface area contributed by atoms with Crippen molar-refractivity contribution < 1.29 is 14.3 Å². The number of nitrogens with zero attached hydrogens (tertiary/aromatic N) is 2. The number of hydrogen-bond donors (Lipinski definition) is 2. The minimum absolute atomic E-state index is 0.103. The van der Waals surface area contributed by atoms with Crippen molar-refractivity contribution in [2.45, 2.75) is 57.4 Å². The molecule has 0 saturated heterocycles. The smallest absolute Gasteiger partial charge is 0.290 e. The molecule has 0 unspecified atom stereocenters. The summed E-state index contributed by atoms with van der Waals surface area (Å²) in [6, 6.07) is 14.4. The molecule has 1 fully saturated rings. The molecule has 4 rings (SSSR count). The lowest BCUT2D eigenvalue weighted by Crippen LogP contribution is -2.52. The van der Waals surface area contributed by atoms with Gasteiger partial charge in [-0.25, -0.2) is 4.68 Å². The first kappa shape index (κ1) is 23.5. The van der Waals surface area contributed by atoms with Crippen molar-refractivity contribution >= 4 is 22.6 Å². The third kappa shape index (κ3) is 4.40. The number of ether oxygens (including phenoxy) is 1. The van der Waals surface area contributed by atoms with Gasteiger partial charge in [-0.3, -0.25) is 25.2 Å². The zero-order chi connectivity index (χ0) is 24.1. The van der Waals surface area contributed by atoms with Gasteiger partial charge in [0.05, 0.1) is 17.9 Å². The predicted molar refractivity (Wildman–Crippen MR) is 130 cm³/mol.